The third-order valence-electron chi connectivity index (χ3n) is 6.90. The van der Waals surface area contributed by atoms with Crippen LogP contribution in [0.4, 0.5) is 0 Å². The van der Waals surface area contributed by atoms with E-state index in [1.807, 2.05) is 0 Å². The average Bonchev–Trinajstić information content (AvgIpc) is 3.48. The Morgan fingerprint density at radius 2 is 1.56 bits per heavy atom. The fourth-order valence-corrected chi connectivity index (χ4v) is 7.74. The second kappa shape index (κ2) is 8.51. The van der Waals surface area contributed by atoms with Gasteiger partial charge in [0.25, 0.3) is 0 Å². The van der Waals surface area contributed by atoms with Crippen molar-refractivity contribution in [2.45, 2.75) is 58.3 Å². The van der Waals surface area contributed by atoms with Gasteiger partial charge in [-0.2, -0.15) is 10.5 Å². The normalized spacial score (nSPS) is 19.3. The number of hydrogen-bond donors (Lipinski definition) is 0. The smallest absolute Gasteiger partial charge is 0.231 e. The van der Waals surface area contributed by atoms with Crippen molar-refractivity contribution in [3.63, 3.8) is 0 Å². The van der Waals surface area contributed by atoms with Gasteiger partial charge in [-0.05, 0) is 70.8 Å². The third-order valence-corrected chi connectivity index (χ3v) is 9.14. The van der Waals surface area contributed by atoms with Crippen LogP contribution in [0, 0.1) is 0 Å². The van der Waals surface area contributed by atoms with Crippen molar-refractivity contribution in [1.82, 2.24) is 0 Å². The third kappa shape index (κ3) is 3.42. The van der Waals surface area contributed by atoms with Crippen LogP contribution in [-0.2, 0) is 6.42 Å². The highest BCUT2D eigenvalue weighted by molar-refractivity contribution is 8.23. The Labute approximate surface area is 192 Å². The Kier molecular flexibility index (Phi) is 5.38. The zero-order valence-corrected chi connectivity index (χ0v) is 19.5. The van der Waals surface area contributed by atoms with Gasteiger partial charge < -0.3 is 18.9 Å². The van der Waals surface area contributed by atoms with Crippen LogP contribution in [0.15, 0.2) is 24.3 Å². The van der Waals surface area contributed by atoms with E-state index in [2.05, 4.69) is 36.6 Å². The van der Waals surface area contributed by atoms with Crippen molar-refractivity contribution in [1.29, 1.82) is 0 Å². The molecule has 0 saturated carbocycles. The van der Waals surface area contributed by atoms with Gasteiger partial charge in [-0.3, -0.25) is 0 Å². The van der Waals surface area contributed by atoms with Gasteiger partial charge in [-0.25, -0.2) is 0 Å². The van der Waals surface area contributed by atoms with Crippen LogP contribution in [0.25, 0.3) is 10.5 Å². The first kappa shape index (κ1) is 20.2. The summed E-state index contributed by atoms with van der Waals surface area (Å²) in [5, 5.41) is 2.48. The van der Waals surface area contributed by atoms with Crippen LogP contribution in [0.1, 0.15) is 74.1 Å². The van der Waals surface area contributed by atoms with Crippen LogP contribution in [0.3, 0.4) is 0 Å². The maximum atomic E-state index is 5.92. The van der Waals surface area contributed by atoms with Crippen molar-refractivity contribution in [2.24, 2.45) is 0 Å². The molecule has 0 fully saturated rings. The molecule has 1 aliphatic carbocycles. The number of benzene rings is 2. The van der Waals surface area contributed by atoms with E-state index in [1.165, 1.54) is 77.0 Å². The van der Waals surface area contributed by atoms with Crippen LogP contribution in [0.5, 0.6) is 23.0 Å². The molecule has 1 unspecified atom stereocenters. The maximum absolute atomic E-state index is 5.92. The zero-order chi connectivity index (χ0) is 21.5. The molecule has 1 atom stereocenters. The van der Waals surface area contributed by atoms with Crippen molar-refractivity contribution in [3.05, 3.63) is 46.5 Å². The number of fused-ring (bicyclic) bond motifs is 7. The summed E-state index contributed by atoms with van der Waals surface area (Å²) in [6.45, 7) is 2.93. The molecule has 0 N–H and O–H groups in total. The highest BCUT2D eigenvalue weighted by Crippen LogP contribution is 2.54. The summed E-state index contributed by atoms with van der Waals surface area (Å²) in [5.41, 5.74) is 6.81. The molecule has 0 saturated heterocycles. The molecule has 2 aromatic carbocycles. The summed E-state index contributed by atoms with van der Waals surface area (Å²) in [6.07, 6.45) is 10.0. The predicted molar refractivity (Wildman–Crippen MR) is 131 cm³/mol. The van der Waals surface area contributed by atoms with E-state index in [1.54, 1.807) is 0 Å². The number of hydrogen-bond acceptors (Lipinski definition) is 4. The van der Waals surface area contributed by atoms with E-state index in [-0.39, 0.29) is 10.5 Å². The molecule has 0 aromatic heterocycles. The first-order chi connectivity index (χ1) is 15.8. The predicted octanol–water partition coefficient (Wildman–Crippen LogP) is 6.75. The van der Waals surface area contributed by atoms with Gasteiger partial charge >= 0.3 is 0 Å². The van der Waals surface area contributed by atoms with Crippen molar-refractivity contribution in [2.75, 3.05) is 19.3 Å². The number of aryl methyl sites for hydroxylation is 1. The van der Waals surface area contributed by atoms with E-state index in [9.17, 15) is 0 Å². The summed E-state index contributed by atoms with van der Waals surface area (Å²) in [5.74, 6) is 4.80. The zero-order valence-electron chi connectivity index (χ0n) is 18.7. The Morgan fingerprint density at radius 3 is 2.47 bits per heavy atom. The molecular formula is C27H30O4S. The second-order valence-corrected chi connectivity index (χ2v) is 10.9. The molecule has 0 amide bonds. The average molecular weight is 451 g/mol. The topological polar surface area (TPSA) is 36.9 Å². The molecule has 2 aromatic rings. The minimum Gasteiger partial charge on any atom is -0.454 e. The second-order valence-electron chi connectivity index (χ2n) is 8.95. The molecule has 0 spiro atoms. The van der Waals surface area contributed by atoms with Gasteiger partial charge in [-0.1, -0.05) is 45.1 Å². The Bertz CT molecular complexity index is 1130. The SMILES string of the molecule is CCCCCCCCS1=Cc2c(ccc3c2OCO3)C2=C1c1cc3c(cc1CC2)OCO3. The van der Waals surface area contributed by atoms with E-state index >= 15 is 0 Å². The maximum Gasteiger partial charge on any atom is 0.231 e. The molecule has 0 radical (unpaired) electrons. The van der Waals surface area contributed by atoms with Gasteiger partial charge in [0, 0.05) is 10.5 Å². The fraction of sp³-hybridized carbons (Fsp3) is 0.444. The lowest BCUT2D eigenvalue weighted by Gasteiger charge is -2.31. The van der Waals surface area contributed by atoms with Gasteiger partial charge in [0.2, 0.25) is 13.6 Å². The molecule has 6 rings (SSSR count). The van der Waals surface area contributed by atoms with Crippen LogP contribution in [0.2, 0.25) is 0 Å². The van der Waals surface area contributed by atoms with Crippen molar-refractivity contribution >= 4 is 26.3 Å². The van der Waals surface area contributed by atoms with Crippen LogP contribution >= 0.6 is 10.5 Å². The molecule has 32 heavy (non-hydrogen) atoms. The molecule has 3 aliphatic heterocycles. The quantitative estimate of drug-likeness (QED) is 0.345. The first-order valence-electron chi connectivity index (χ1n) is 12.0. The Morgan fingerprint density at radius 1 is 0.781 bits per heavy atom. The Balaban J connectivity index is 1.40. The van der Waals surface area contributed by atoms with E-state index in [4.69, 9.17) is 18.9 Å². The molecule has 168 valence electrons. The Hall–Kier alpha value is -2.40. The summed E-state index contributed by atoms with van der Waals surface area (Å²) >= 11 is 0. The monoisotopic (exact) mass is 450 g/mol. The summed E-state index contributed by atoms with van der Waals surface area (Å²) in [6, 6.07) is 8.76. The van der Waals surface area contributed by atoms with E-state index in [0.717, 1.165) is 35.8 Å². The highest BCUT2D eigenvalue weighted by atomic mass is 32.2. The number of unbranched alkanes of at least 4 members (excludes halogenated alkanes) is 5. The summed E-state index contributed by atoms with van der Waals surface area (Å²) < 4.78 is 23.0. The van der Waals surface area contributed by atoms with Crippen molar-refractivity contribution in [3.8, 4) is 23.0 Å². The lowest BCUT2D eigenvalue weighted by molar-refractivity contribution is 0.173. The molecule has 5 heteroatoms. The van der Waals surface area contributed by atoms with E-state index < -0.39 is 0 Å². The lowest BCUT2D eigenvalue weighted by atomic mass is 9.86. The minimum absolute atomic E-state index is 0.0427. The standard InChI is InChI=1S/C27H30O4S/c1-2-3-4-5-6-7-12-32-15-22-19(10-11-23-26(22)31-17-28-23)20-9-8-18-13-24-25(30-16-29-24)14-21(18)27(20)32/h10-11,13-15H,2-9,12,16-17H2,1H3. The van der Waals surface area contributed by atoms with Gasteiger partial charge in [0.05, 0.1) is 0 Å². The van der Waals surface area contributed by atoms with Gasteiger partial charge in [-0.15, -0.1) is 0 Å². The lowest BCUT2D eigenvalue weighted by Crippen LogP contribution is -2.11. The van der Waals surface area contributed by atoms with Crippen LogP contribution < -0.4 is 18.9 Å². The first-order valence-corrected chi connectivity index (χ1v) is 13.4. The number of allylic oxidation sites excluding steroid dienone is 1. The molecule has 4 aliphatic rings. The van der Waals surface area contributed by atoms with E-state index in [0.29, 0.717) is 13.6 Å². The largest absolute Gasteiger partial charge is 0.454 e. The molecular weight excluding hydrogens is 420 g/mol. The van der Waals surface area contributed by atoms with Crippen LogP contribution in [-0.4, -0.2) is 24.7 Å². The summed E-state index contributed by atoms with van der Waals surface area (Å²) in [4.78, 5) is 1.52. The molecule has 4 nitrogen and oxygen atoms in total. The highest BCUT2D eigenvalue weighted by Gasteiger charge is 2.32. The van der Waals surface area contributed by atoms with Gasteiger partial charge in [0.1, 0.15) is 0 Å². The summed E-state index contributed by atoms with van der Waals surface area (Å²) in [7, 11) is 0.0427. The fourth-order valence-electron chi connectivity index (χ4n) is 5.27. The minimum atomic E-state index is 0.0427. The number of ether oxygens (including phenoxy) is 4. The molecule has 3 heterocycles. The van der Waals surface area contributed by atoms with Gasteiger partial charge in [0.15, 0.2) is 23.0 Å². The number of rotatable bonds is 7. The van der Waals surface area contributed by atoms with Crippen molar-refractivity contribution < 1.29 is 18.9 Å². The molecule has 0 bridgehead atoms.